The molecule has 2 N–H and O–H groups in total. The van der Waals surface area contributed by atoms with E-state index in [-0.39, 0.29) is 16.8 Å². The highest BCUT2D eigenvalue weighted by molar-refractivity contribution is 8.00. The van der Waals surface area contributed by atoms with Crippen LogP contribution < -0.4 is 4.74 Å². The summed E-state index contributed by atoms with van der Waals surface area (Å²) in [4.78, 5) is 11.3. The first-order chi connectivity index (χ1) is 15.0. The van der Waals surface area contributed by atoms with Gasteiger partial charge in [-0.3, -0.25) is 15.4 Å². The van der Waals surface area contributed by atoms with E-state index in [9.17, 15) is 5.11 Å². The smallest absolute Gasteiger partial charge is 0.145 e. The minimum atomic E-state index is -0.301. The summed E-state index contributed by atoms with van der Waals surface area (Å²) in [5.41, 5.74) is 2.93. The van der Waals surface area contributed by atoms with Crippen LogP contribution in [0.15, 0.2) is 47.6 Å². The van der Waals surface area contributed by atoms with Gasteiger partial charge >= 0.3 is 0 Å². The van der Waals surface area contributed by atoms with Crippen molar-refractivity contribution >= 4 is 23.4 Å². The van der Waals surface area contributed by atoms with Crippen LogP contribution in [0.5, 0.6) is 5.75 Å². The fraction of sp³-hybridized carbons (Fsp3) is 0.458. The number of methoxy groups -OCH3 is 1. The zero-order valence-corrected chi connectivity index (χ0v) is 19.2. The Balaban J connectivity index is 1.61. The number of aliphatic imine (C=N–C) groups is 1. The number of aromatic nitrogens is 1. The first kappa shape index (κ1) is 21.8. The number of amidine groups is 2. The average Bonchev–Trinajstić information content (AvgIpc) is 3.61. The van der Waals surface area contributed by atoms with E-state index >= 15 is 0 Å². The van der Waals surface area contributed by atoms with Crippen molar-refractivity contribution in [2.45, 2.75) is 36.3 Å². The van der Waals surface area contributed by atoms with Gasteiger partial charge in [-0.15, -0.1) is 0 Å². The summed E-state index contributed by atoms with van der Waals surface area (Å²) in [6, 6.07) is 12.3. The molecular formula is C24H30N4O2S. The molecule has 1 atom stereocenters. The van der Waals surface area contributed by atoms with Gasteiger partial charge < -0.3 is 14.7 Å². The zero-order valence-electron chi connectivity index (χ0n) is 18.4. The first-order valence-corrected chi connectivity index (χ1v) is 11.6. The van der Waals surface area contributed by atoms with E-state index in [4.69, 9.17) is 15.1 Å². The molecule has 0 amide bonds. The maximum Gasteiger partial charge on any atom is 0.145 e. The molecule has 1 aromatic carbocycles. The summed E-state index contributed by atoms with van der Waals surface area (Å²) in [6.07, 6.45) is 4.38. The van der Waals surface area contributed by atoms with E-state index in [1.165, 1.54) is 5.56 Å². The molecule has 2 heterocycles. The predicted molar refractivity (Wildman–Crippen MR) is 127 cm³/mol. The lowest BCUT2D eigenvalue weighted by atomic mass is 9.91. The Labute approximate surface area is 188 Å². The lowest BCUT2D eigenvalue weighted by molar-refractivity contribution is 0.258. The Kier molecular flexibility index (Phi) is 6.08. The molecule has 164 valence electrons. The summed E-state index contributed by atoms with van der Waals surface area (Å²) in [5, 5.41) is 18.5. The average molecular weight is 439 g/mol. The predicted octanol–water partition coefficient (Wildman–Crippen LogP) is 3.98. The van der Waals surface area contributed by atoms with Gasteiger partial charge in [0, 0.05) is 42.3 Å². The van der Waals surface area contributed by atoms with E-state index in [1.807, 2.05) is 26.1 Å². The van der Waals surface area contributed by atoms with Crippen LogP contribution in [0.3, 0.4) is 0 Å². The fourth-order valence-electron chi connectivity index (χ4n) is 4.43. The quantitative estimate of drug-likeness (QED) is 0.545. The number of rotatable bonds is 5. The van der Waals surface area contributed by atoms with Crippen molar-refractivity contribution in [3.05, 3.63) is 48.2 Å². The molecule has 1 aliphatic heterocycles. The van der Waals surface area contributed by atoms with E-state index < -0.39 is 0 Å². The zero-order chi connectivity index (χ0) is 22.1. The Morgan fingerprint density at radius 2 is 2.03 bits per heavy atom. The van der Waals surface area contributed by atoms with Crippen LogP contribution in [0.2, 0.25) is 0 Å². The van der Waals surface area contributed by atoms with Crippen LogP contribution in [0.25, 0.3) is 11.3 Å². The molecule has 0 bridgehead atoms. The molecule has 6 nitrogen and oxygen atoms in total. The highest BCUT2D eigenvalue weighted by Gasteiger charge is 2.52. The largest absolute Gasteiger partial charge is 0.494 e. The third-order valence-electron chi connectivity index (χ3n) is 6.31. The second kappa shape index (κ2) is 8.63. The summed E-state index contributed by atoms with van der Waals surface area (Å²) in [6.45, 7) is 2.86. The normalized spacial score (nSPS) is 23.4. The summed E-state index contributed by atoms with van der Waals surface area (Å²) in [7, 11) is 3.49. The molecule has 0 spiro atoms. The van der Waals surface area contributed by atoms with Crippen LogP contribution in [-0.4, -0.2) is 64.5 Å². The second-order valence-electron chi connectivity index (χ2n) is 8.49. The van der Waals surface area contributed by atoms with Gasteiger partial charge in [0.2, 0.25) is 0 Å². The molecule has 1 unspecified atom stereocenters. The summed E-state index contributed by atoms with van der Waals surface area (Å²) >= 11 is 1.75. The maximum atomic E-state index is 9.80. The van der Waals surface area contributed by atoms with Gasteiger partial charge in [-0.2, -0.15) is 11.8 Å². The van der Waals surface area contributed by atoms with Crippen molar-refractivity contribution in [1.82, 2.24) is 9.88 Å². The number of hydrogen-bond donors (Lipinski definition) is 2. The highest BCUT2D eigenvalue weighted by Crippen LogP contribution is 2.51. The molecule has 1 aliphatic carbocycles. The molecule has 0 radical (unpaired) electrons. The number of hydrogen-bond acceptors (Lipinski definition) is 6. The van der Waals surface area contributed by atoms with Crippen LogP contribution in [-0.2, 0) is 5.41 Å². The van der Waals surface area contributed by atoms with Crippen LogP contribution >= 0.6 is 11.8 Å². The van der Waals surface area contributed by atoms with Crippen molar-refractivity contribution in [1.29, 1.82) is 5.41 Å². The molecule has 2 aliphatic rings. The molecule has 7 heteroatoms. The third-order valence-corrected chi connectivity index (χ3v) is 7.67. The number of aliphatic hydroxyl groups excluding tert-OH is 1. The first-order valence-electron chi connectivity index (χ1n) is 10.6. The van der Waals surface area contributed by atoms with E-state index in [2.05, 4.69) is 34.1 Å². The number of thioether (sulfide) groups is 1. The molecule has 1 aromatic heterocycles. The van der Waals surface area contributed by atoms with E-state index in [0.29, 0.717) is 12.3 Å². The molecule has 1 saturated carbocycles. The Bertz CT molecular complexity index is 987. The minimum Gasteiger partial charge on any atom is -0.494 e. The Morgan fingerprint density at radius 3 is 2.65 bits per heavy atom. The van der Waals surface area contributed by atoms with Crippen molar-refractivity contribution < 1.29 is 9.84 Å². The van der Waals surface area contributed by atoms with E-state index in [0.717, 1.165) is 48.0 Å². The molecule has 4 rings (SSSR count). The minimum absolute atomic E-state index is 0.0794. The van der Waals surface area contributed by atoms with Crippen molar-refractivity contribution in [3.63, 3.8) is 0 Å². The topological polar surface area (TPSA) is 81.8 Å². The van der Waals surface area contributed by atoms with Crippen LogP contribution in [0.4, 0.5) is 0 Å². The number of nitrogens with zero attached hydrogens (tertiary/aromatic N) is 3. The lowest BCUT2D eigenvalue weighted by Crippen LogP contribution is -2.44. The van der Waals surface area contributed by atoms with Gasteiger partial charge in [-0.1, -0.05) is 24.3 Å². The molecule has 1 saturated heterocycles. The monoisotopic (exact) mass is 438 g/mol. The van der Waals surface area contributed by atoms with Gasteiger partial charge in [0.05, 0.1) is 19.1 Å². The number of benzene rings is 1. The van der Waals surface area contributed by atoms with Crippen molar-refractivity contribution in [3.8, 4) is 17.0 Å². The van der Waals surface area contributed by atoms with Crippen LogP contribution in [0.1, 0.15) is 31.7 Å². The Morgan fingerprint density at radius 1 is 1.29 bits per heavy atom. The van der Waals surface area contributed by atoms with Gasteiger partial charge in [0.1, 0.15) is 23.1 Å². The number of nitrogens with one attached hydrogen (secondary N) is 1. The van der Waals surface area contributed by atoms with E-state index in [1.54, 1.807) is 25.1 Å². The maximum absolute atomic E-state index is 9.80. The van der Waals surface area contributed by atoms with Crippen molar-refractivity contribution in [2.24, 2.45) is 4.99 Å². The highest BCUT2D eigenvalue weighted by atomic mass is 32.2. The van der Waals surface area contributed by atoms with Gasteiger partial charge in [-0.25, -0.2) is 0 Å². The summed E-state index contributed by atoms with van der Waals surface area (Å²) in [5.74, 6) is 3.15. The molecule has 2 fully saturated rings. The standard InChI is InChI=1S/C24H30N4O2S/c1-23(16-29)15-20(25)28(13-14-31-23)22(26-2)24(10-11-24)18-8-6-17(7-9-18)21-19(30-3)5-4-12-27-21/h4-9,12,25,29H,10-11,13-16H2,1-3H3. The van der Waals surface area contributed by atoms with Gasteiger partial charge in [0.15, 0.2) is 0 Å². The van der Waals surface area contributed by atoms with Gasteiger partial charge in [-0.05, 0) is 37.5 Å². The lowest BCUT2D eigenvalue weighted by Gasteiger charge is -2.31. The molecule has 2 aromatic rings. The molecule has 31 heavy (non-hydrogen) atoms. The number of aliphatic hydroxyl groups is 1. The number of pyridine rings is 1. The fourth-order valence-corrected chi connectivity index (χ4v) is 5.53. The SMILES string of the molecule is CN=C(N1CCSC(C)(CO)CC1=N)C1(c2ccc(-c3ncccc3OC)cc2)CC1. The van der Waals surface area contributed by atoms with Crippen molar-refractivity contribution in [2.75, 3.05) is 33.1 Å². The second-order valence-corrected chi connectivity index (χ2v) is 10.2. The summed E-state index contributed by atoms with van der Waals surface area (Å²) < 4.78 is 5.16. The molecular weight excluding hydrogens is 408 g/mol. The van der Waals surface area contributed by atoms with Gasteiger partial charge in [0.25, 0.3) is 0 Å². The Hall–Kier alpha value is -2.38. The van der Waals surface area contributed by atoms with Crippen LogP contribution in [0, 0.1) is 5.41 Å². The number of ether oxygens (including phenoxy) is 1. The third kappa shape index (κ3) is 4.08.